The fraction of sp³-hybridized carbons (Fsp3) is 0.273. The van der Waals surface area contributed by atoms with Crippen molar-refractivity contribution in [1.82, 2.24) is 5.32 Å². The fourth-order valence-electron chi connectivity index (χ4n) is 1.51. The molecule has 0 bridgehead atoms. The molecular formula is C11H11Br2NOS. The topological polar surface area (TPSA) is 25.2 Å². The highest BCUT2D eigenvalue weighted by atomic mass is 79.9. The van der Waals surface area contributed by atoms with Crippen molar-refractivity contribution in [3.8, 4) is 0 Å². The third-order valence-electron chi connectivity index (χ3n) is 2.17. The van der Waals surface area contributed by atoms with E-state index in [0.29, 0.717) is 0 Å². The minimum atomic E-state index is 0.132. The van der Waals surface area contributed by atoms with E-state index in [1.165, 1.54) is 4.88 Å². The Labute approximate surface area is 115 Å². The summed E-state index contributed by atoms with van der Waals surface area (Å²) in [5.41, 5.74) is 0. The molecule has 16 heavy (non-hydrogen) atoms. The monoisotopic (exact) mass is 363 g/mol. The first-order valence-corrected chi connectivity index (χ1v) is 7.35. The van der Waals surface area contributed by atoms with Gasteiger partial charge in [-0.15, -0.1) is 11.3 Å². The standard InChI is InChI=1S/C11H11Br2NOS/c1-2-14-11(7-3-5-9(12)15-7)8-4-6-10(13)16-8/h3-6,11,14H,2H2,1H3. The molecular weight excluding hydrogens is 354 g/mol. The van der Waals surface area contributed by atoms with Crippen molar-refractivity contribution in [1.29, 1.82) is 0 Å². The van der Waals surface area contributed by atoms with Gasteiger partial charge in [-0.05, 0) is 62.7 Å². The number of thiophene rings is 1. The Balaban J connectivity index is 2.30. The van der Waals surface area contributed by atoms with E-state index in [0.717, 1.165) is 20.8 Å². The average molecular weight is 365 g/mol. The quantitative estimate of drug-likeness (QED) is 0.859. The number of nitrogens with one attached hydrogen (secondary N) is 1. The van der Waals surface area contributed by atoms with Crippen LogP contribution in [-0.4, -0.2) is 6.54 Å². The highest BCUT2D eigenvalue weighted by Crippen LogP contribution is 2.32. The van der Waals surface area contributed by atoms with Crippen LogP contribution in [0.5, 0.6) is 0 Å². The summed E-state index contributed by atoms with van der Waals surface area (Å²) in [7, 11) is 0. The lowest BCUT2D eigenvalue weighted by Crippen LogP contribution is -2.20. The molecule has 86 valence electrons. The molecule has 2 heterocycles. The van der Waals surface area contributed by atoms with Gasteiger partial charge in [0.15, 0.2) is 4.67 Å². The minimum absolute atomic E-state index is 0.132. The van der Waals surface area contributed by atoms with Crippen molar-refractivity contribution in [2.45, 2.75) is 13.0 Å². The molecule has 0 aliphatic carbocycles. The van der Waals surface area contributed by atoms with Crippen LogP contribution in [0, 0.1) is 0 Å². The highest BCUT2D eigenvalue weighted by Gasteiger charge is 2.18. The smallest absolute Gasteiger partial charge is 0.169 e. The zero-order valence-electron chi connectivity index (χ0n) is 8.67. The van der Waals surface area contributed by atoms with Gasteiger partial charge in [0.05, 0.1) is 3.79 Å². The van der Waals surface area contributed by atoms with E-state index in [-0.39, 0.29) is 6.04 Å². The molecule has 0 spiro atoms. The van der Waals surface area contributed by atoms with Crippen LogP contribution >= 0.6 is 43.2 Å². The van der Waals surface area contributed by atoms with Crippen LogP contribution in [0.1, 0.15) is 23.6 Å². The SMILES string of the molecule is CCNC(c1ccc(Br)o1)c1ccc(Br)s1. The van der Waals surface area contributed by atoms with Crippen molar-refractivity contribution in [3.63, 3.8) is 0 Å². The molecule has 0 saturated heterocycles. The van der Waals surface area contributed by atoms with Gasteiger partial charge in [0.1, 0.15) is 11.8 Å². The van der Waals surface area contributed by atoms with Gasteiger partial charge in [0, 0.05) is 4.88 Å². The van der Waals surface area contributed by atoms with Crippen LogP contribution in [0.15, 0.2) is 37.1 Å². The van der Waals surface area contributed by atoms with Crippen LogP contribution in [0.3, 0.4) is 0 Å². The van der Waals surface area contributed by atoms with E-state index in [2.05, 4.69) is 56.2 Å². The molecule has 0 aromatic carbocycles. The van der Waals surface area contributed by atoms with Crippen molar-refractivity contribution < 1.29 is 4.42 Å². The number of hydrogen-bond acceptors (Lipinski definition) is 3. The summed E-state index contributed by atoms with van der Waals surface area (Å²) in [6.45, 7) is 2.99. The molecule has 0 fully saturated rings. The van der Waals surface area contributed by atoms with Crippen LogP contribution in [0.25, 0.3) is 0 Å². The molecule has 2 aromatic rings. The second kappa shape index (κ2) is 5.49. The van der Waals surface area contributed by atoms with Gasteiger partial charge in [-0.3, -0.25) is 0 Å². The van der Waals surface area contributed by atoms with Crippen molar-refractivity contribution in [2.75, 3.05) is 6.54 Å². The molecule has 0 amide bonds. The van der Waals surface area contributed by atoms with Crippen LogP contribution in [0.4, 0.5) is 0 Å². The van der Waals surface area contributed by atoms with Gasteiger partial charge in [-0.25, -0.2) is 0 Å². The first kappa shape index (κ1) is 12.4. The molecule has 0 radical (unpaired) electrons. The maximum atomic E-state index is 5.61. The summed E-state index contributed by atoms with van der Waals surface area (Å²) < 4.78 is 7.51. The lowest BCUT2D eigenvalue weighted by Gasteiger charge is -2.13. The summed E-state index contributed by atoms with van der Waals surface area (Å²) in [6, 6.07) is 8.21. The summed E-state index contributed by atoms with van der Waals surface area (Å²) in [5, 5.41) is 3.42. The average Bonchev–Trinajstić information content (AvgIpc) is 2.84. The Kier molecular flexibility index (Phi) is 4.24. The lowest BCUT2D eigenvalue weighted by molar-refractivity contribution is 0.440. The Morgan fingerprint density at radius 3 is 2.62 bits per heavy atom. The lowest BCUT2D eigenvalue weighted by atomic mass is 10.2. The maximum absolute atomic E-state index is 5.61. The van der Waals surface area contributed by atoms with Gasteiger partial charge in [-0.1, -0.05) is 6.92 Å². The Hall–Kier alpha value is -0.100. The molecule has 2 aromatic heterocycles. The molecule has 0 aliphatic heterocycles. The Morgan fingerprint density at radius 1 is 1.31 bits per heavy atom. The van der Waals surface area contributed by atoms with Gasteiger partial charge < -0.3 is 9.73 Å². The van der Waals surface area contributed by atoms with E-state index in [4.69, 9.17) is 4.42 Å². The van der Waals surface area contributed by atoms with Crippen LogP contribution < -0.4 is 5.32 Å². The second-order valence-corrected chi connectivity index (χ2v) is 6.55. The first-order chi connectivity index (χ1) is 7.70. The Morgan fingerprint density at radius 2 is 2.12 bits per heavy atom. The normalized spacial score (nSPS) is 12.9. The van der Waals surface area contributed by atoms with E-state index >= 15 is 0 Å². The number of furan rings is 1. The van der Waals surface area contributed by atoms with E-state index in [1.807, 2.05) is 12.1 Å². The predicted octanol–water partition coefficient (Wildman–Crippen LogP) is 4.57. The third kappa shape index (κ3) is 2.77. The molecule has 1 atom stereocenters. The summed E-state index contributed by atoms with van der Waals surface area (Å²) in [6.07, 6.45) is 0. The van der Waals surface area contributed by atoms with Crippen LogP contribution in [-0.2, 0) is 0 Å². The summed E-state index contributed by atoms with van der Waals surface area (Å²) in [4.78, 5) is 1.25. The van der Waals surface area contributed by atoms with Crippen molar-refractivity contribution >= 4 is 43.2 Å². The van der Waals surface area contributed by atoms with Gasteiger partial charge in [-0.2, -0.15) is 0 Å². The molecule has 0 aliphatic rings. The molecule has 1 unspecified atom stereocenters. The molecule has 0 saturated carbocycles. The summed E-state index contributed by atoms with van der Waals surface area (Å²) in [5.74, 6) is 0.933. The second-order valence-electron chi connectivity index (χ2n) is 3.27. The summed E-state index contributed by atoms with van der Waals surface area (Å²) >= 11 is 8.53. The fourth-order valence-corrected chi connectivity index (χ4v) is 3.34. The van der Waals surface area contributed by atoms with E-state index in [9.17, 15) is 0 Å². The Bertz CT molecular complexity index is 426. The largest absolute Gasteiger partial charge is 0.452 e. The number of hydrogen-bond donors (Lipinski definition) is 1. The zero-order chi connectivity index (χ0) is 11.5. The van der Waals surface area contributed by atoms with Crippen LogP contribution in [0.2, 0.25) is 0 Å². The molecule has 1 N–H and O–H groups in total. The third-order valence-corrected chi connectivity index (χ3v) is 4.28. The zero-order valence-corrected chi connectivity index (χ0v) is 12.7. The molecule has 2 nitrogen and oxygen atoms in total. The van der Waals surface area contributed by atoms with E-state index in [1.54, 1.807) is 11.3 Å². The van der Waals surface area contributed by atoms with Crippen molar-refractivity contribution in [2.24, 2.45) is 0 Å². The van der Waals surface area contributed by atoms with E-state index < -0.39 is 0 Å². The number of halogens is 2. The molecule has 5 heteroatoms. The van der Waals surface area contributed by atoms with Gasteiger partial charge in [0.2, 0.25) is 0 Å². The highest BCUT2D eigenvalue weighted by molar-refractivity contribution is 9.11. The minimum Gasteiger partial charge on any atom is -0.452 e. The predicted molar refractivity (Wildman–Crippen MR) is 73.9 cm³/mol. The molecule has 2 rings (SSSR count). The van der Waals surface area contributed by atoms with Gasteiger partial charge >= 0.3 is 0 Å². The number of rotatable bonds is 4. The maximum Gasteiger partial charge on any atom is 0.169 e. The van der Waals surface area contributed by atoms with Crippen molar-refractivity contribution in [3.05, 3.63) is 43.4 Å². The first-order valence-electron chi connectivity index (χ1n) is 4.94. The van der Waals surface area contributed by atoms with Gasteiger partial charge in [0.25, 0.3) is 0 Å².